The molecule has 1 heterocycles. The average Bonchev–Trinajstić information content (AvgIpc) is 2.23. The average molecular weight is 266 g/mol. The molecule has 1 aromatic carbocycles. The number of pyridine rings is 1. The van der Waals surface area contributed by atoms with Gasteiger partial charge in [-0.3, -0.25) is 4.98 Å². The number of nitrogens with one attached hydrogen (secondary N) is 1. The minimum absolute atomic E-state index is 0.673. The predicted octanol–water partition coefficient (Wildman–Crippen LogP) is 2.93. The molecule has 0 saturated heterocycles. The Balaban J connectivity index is 2.89. The van der Waals surface area contributed by atoms with Crippen molar-refractivity contribution < 1.29 is 0 Å². The lowest BCUT2D eigenvalue weighted by Crippen LogP contribution is -1.99. The normalized spacial score (nSPS) is 10.6. The van der Waals surface area contributed by atoms with Gasteiger partial charge in [-0.25, -0.2) is 0 Å². The van der Waals surface area contributed by atoms with Crippen LogP contribution in [0.2, 0.25) is 0 Å². The molecule has 2 aromatic rings. The van der Waals surface area contributed by atoms with E-state index < -0.39 is 0 Å². The summed E-state index contributed by atoms with van der Waals surface area (Å²) in [7, 11) is 1.86. The third kappa shape index (κ3) is 1.55. The molecule has 0 aliphatic rings. The molecular formula is C11H12BrN3. The van der Waals surface area contributed by atoms with E-state index in [0.29, 0.717) is 5.69 Å². The Morgan fingerprint density at radius 2 is 2.13 bits per heavy atom. The van der Waals surface area contributed by atoms with E-state index >= 15 is 0 Å². The fourth-order valence-electron chi connectivity index (χ4n) is 1.68. The van der Waals surface area contributed by atoms with Gasteiger partial charge < -0.3 is 11.1 Å². The number of hydrogen-bond donors (Lipinski definition) is 2. The Morgan fingerprint density at radius 1 is 1.40 bits per heavy atom. The summed E-state index contributed by atoms with van der Waals surface area (Å²) < 4.78 is 1.06. The van der Waals surface area contributed by atoms with Crippen LogP contribution in [-0.2, 0) is 0 Å². The monoisotopic (exact) mass is 265 g/mol. The maximum Gasteiger partial charge on any atom is 0.0764 e. The number of fused-ring (bicyclic) bond motifs is 1. The third-order valence-corrected chi connectivity index (χ3v) is 3.36. The van der Waals surface area contributed by atoms with Crippen LogP contribution in [-0.4, -0.2) is 12.0 Å². The molecule has 0 radical (unpaired) electrons. The zero-order chi connectivity index (χ0) is 11.0. The van der Waals surface area contributed by atoms with Crippen LogP contribution in [0, 0.1) is 6.92 Å². The number of benzene rings is 1. The van der Waals surface area contributed by atoms with Gasteiger partial charge in [0, 0.05) is 16.9 Å². The highest BCUT2D eigenvalue weighted by Gasteiger charge is 2.08. The van der Waals surface area contributed by atoms with Gasteiger partial charge in [0.25, 0.3) is 0 Å². The summed E-state index contributed by atoms with van der Waals surface area (Å²) in [5.41, 5.74) is 9.57. The van der Waals surface area contributed by atoms with Crippen LogP contribution in [0.25, 0.3) is 10.9 Å². The van der Waals surface area contributed by atoms with Gasteiger partial charge >= 0.3 is 0 Å². The summed E-state index contributed by atoms with van der Waals surface area (Å²) in [6.07, 6.45) is 1.69. The number of anilines is 2. The van der Waals surface area contributed by atoms with Gasteiger partial charge in [0.1, 0.15) is 0 Å². The molecular weight excluding hydrogens is 254 g/mol. The van der Waals surface area contributed by atoms with Gasteiger partial charge in [-0.15, -0.1) is 0 Å². The van der Waals surface area contributed by atoms with Crippen LogP contribution >= 0.6 is 15.9 Å². The Kier molecular flexibility index (Phi) is 2.52. The van der Waals surface area contributed by atoms with Gasteiger partial charge in [-0.05, 0) is 24.6 Å². The van der Waals surface area contributed by atoms with Crippen LogP contribution in [0.3, 0.4) is 0 Å². The second kappa shape index (κ2) is 3.70. The smallest absolute Gasteiger partial charge is 0.0764 e. The number of rotatable bonds is 1. The van der Waals surface area contributed by atoms with Crippen molar-refractivity contribution in [1.82, 2.24) is 4.98 Å². The molecule has 2 rings (SSSR count). The number of nitrogens with two attached hydrogens (primary N) is 1. The van der Waals surface area contributed by atoms with Crippen molar-refractivity contribution in [3.05, 3.63) is 28.4 Å². The quantitative estimate of drug-likeness (QED) is 0.834. The summed E-state index contributed by atoms with van der Waals surface area (Å²) in [4.78, 5) is 4.35. The number of aryl methyl sites for hydroxylation is 1. The molecule has 78 valence electrons. The van der Waals surface area contributed by atoms with E-state index in [2.05, 4.69) is 26.2 Å². The summed E-state index contributed by atoms with van der Waals surface area (Å²) in [5.74, 6) is 0. The minimum atomic E-state index is 0.673. The second-order valence-corrected chi connectivity index (χ2v) is 4.26. The zero-order valence-corrected chi connectivity index (χ0v) is 10.2. The van der Waals surface area contributed by atoms with E-state index in [-0.39, 0.29) is 0 Å². The first-order valence-corrected chi connectivity index (χ1v) is 5.45. The SMILES string of the molecule is CNc1c(N)cnc2c(C)c(Br)ccc12. The van der Waals surface area contributed by atoms with Crippen molar-refractivity contribution in [1.29, 1.82) is 0 Å². The van der Waals surface area contributed by atoms with Crippen LogP contribution in [0.4, 0.5) is 11.4 Å². The van der Waals surface area contributed by atoms with Crippen LogP contribution in [0.5, 0.6) is 0 Å². The van der Waals surface area contributed by atoms with Crippen molar-refractivity contribution >= 4 is 38.2 Å². The van der Waals surface area contributed by atoms with Gasteiger partial charge in [-0.1, -0.05) is 15.9 Å². The van der Waals surface area contributed by atoms with Crippen molar-refractivity contribution in [3.8, 4) is 0 Å². The lowest BCUT2D eigenvalue weighted by atomic mass is 10.1. The van der Waals surface area contributed by atoms with Gasteiger partial charge in [-0.2, -0.15) is 0 Å². The number of aromatic nitrogens is 1. The van der Waals surface area contributed by atoms with Crippen LogP contribution in [0.15, 0.2) is 22.8 Å². The minimum Gasteiger partial charge on any atom is -0.396 e. The van der Waals surface area contributed by atoms with Crippen LogP contribution < -0.4 is 11.1 Å². The first-order chi connectivity index (χ1) is 7.15. The molecule has 0 saturated carbocycles. The van der Waals surface area contributed by atoms with Crippen molar-refractivity contribution in [3.63, 3.8) is 0 Å². The fourth-order valence-corrected chi connectivity index (χ4v) is 2.00. The highest BCUT2D eigenvalue weighted by Crippen LogP contribution is 2.31. The van der Waals surface area contributed by atoms with E-state index in [4.69, 9.17) is 5.73 Å². The largest absolute Gasteiger partial charge is 0.396 e. The summed E-state index contributed by atoms with van der Waals surface area (Å²) in [6, 6.07) is 4.03. The lowest BCUT2D eigenvalue weighted by molar-refractivity contribution is 1.35. The topological polar surface area (TPSA) is 50.9 Å². The van der Waals surface area contributed by atoms with Gasteiger partial charge in [0.15, 0.2) is 0 Å². The summed E-state index contributed by atoms with van der Waals surface area (Å²) in [6.45, 7) is 2.04. The molecule has 15 heavy (non-hydrogen) atoms. The standard InChI is InChI=1S/C11H12BrN3/c1-6-8(12)4-3-7-10(6)15-5-9(13)11(7)14-2/h3-5H,13H2,1-2H3,(H,14,15). The molecule has 0 spiro atoms. The maximum atomic E-state index is 5.85. The Labute approximate surface area is 96.8 Å². The van der Waals surface area contributed by atoms with E-state index in [1.165, 1.54) is 0 Å². The zero-order valence-electron chi connectivity index (χ0n) is 8.63. The number of hydrogen-bond acceptors (Lipinski definition) is 3. The third-order valence-electron chi connectivity index (χ3n) is 2.51. The van der Waals surface area contributed by atoms with E-state index in [0.717, 1.165) is 26.6 Å². The molecule has 0 bridgehead atoms. The van der Waals surface area contributed by atoms with Gasteiger partial charge in [0.2, 0.25) is 0 Å². The second-order valence-electron chi connectivity index (χ2n) is 3.41. The molecule has 0 unspecified atom stereocenters. The first-order valence-electron chi connectivity index (χ1n) is 4.66. The molecule has 1 aromatic heterocycles. The van der Waals surface area contributed by atoms with Gasteiger partial charge in [0.05, 0.1) is 23.1 Å². The highest BCUT2D eigenvalue weighted by molar-refractivity contribution is 9.10. The van der Waals surface area contributed by atoms with E-state index in [9.17, 15) is 0 Å². The lowest BCUT2D eigenvalue weighted by Gasteiger charge is -2.10. The molecule has 4 heteroatoms. The summed E-state index contributed by atoms with van der Waals surface area (Å²) >= 11 is 3.49. The van der Waals surface area contributed by atoms with E-state index in [1.807, 2.05) is 26.1 Å². The van der Waals surface area contributed by atoms with Crippen molar-refractivity contribution in [2.24, 2.45) is 0 Å². The summed E-state index contributed by atoms with van der Waals surface area (Å²) in [5, 5.41) is 4.16. The Bertz CT molecular complexity index is 523. The highest BCUT2D eigenvalue weighted by atomic mass is 79.9. The van der Waals surface area contributed by atoms with Crippen molar-refractivity contribution in [2.75, 3.05) is 18.1 Å². The fraction of sp³-hybridized carbons (Fsp3) is 0.182. The molecule has 3 N–H and O–H groups in total. The Morgan fingerprint density at radius 3 is 2.80 bits per heavy atom. The molecule has 3 nitrogen and oxygen atoms in total. The molecule has 0 fully saturated rings. The van der Waals surface area contributed by atoms with E-state index in [1.54, 1.807) is 6.20 Å². The van der Waals surface area contributed by atoms with Crippen LogP contribution in [0.1, 0.15) is 5.56 Å². The first kappa shape index (κ1) is 10.2. The molecule has 0 aliphatic carbocycles. The number of nitrogen functional groups attached to an aromatic ring is 1. The molecule has 0 amide bonds. The molecule has 0 aliphatic heterocycles. The Hall–Kier alpha value is -1.29. The maximum absolute atomic E-state index is 5.85. The predicted molar refractivity (Wildman–Crippen MR) is 68.1 cm³/mol. The number of nitrogens with zero attached hydrogens (tertiary/aromatic N) is 1. The van der Waals surface area contributed by atoms with Crippen molar-refractivity contribution in [2.45, 2.75) is 6.92 Å². The molecule has 0 atom stereocenters. The number of halogens is 1.